The van der Waals surface area contributed by atoms with Crippen molar-refractivity contribution in [3.63, 3.8) is 0 Å². The normalized spacial score (nSPS) is 12.5. The average Bonchev–Trinajstić information content (AvgIpc) is 3.24. The van der Waals surface area contributed by atoms with Crippen molar-refractivity contribution < 1.29 is 23.8 Å². The molecule has 198 valence electrons. The van der Waals surface area contributed by atoms with Gasteiger partial charge in [-0.05, 0) is 76.6 Å². The van der Waals surface area contributed by atoms with Gasteiger partial charge in [-0.25, -0.2) is 4.79 Å². The van der Waals surface area contributed by atoms with Gasteiger partial charge in [-0.1, -0.05) is 30.3 Å². The second kappa shape index (κ2) is 11.9. The lowest BCUT2D eigenvalue weighted by atomic mass is 10.1. The number of carbonyl (C=O) groups is 2. The molecule has 1 aromatic heterocycles. The molecule has 10 nitrogen and oxygen atoms in total. The van der Waals surface area contributed by atoms with E-state index in [4.69, 9.17) is 14.2 Å². The van der Waals surface area contributed by atoms with Crippen molar-refractivity contribution in [3.05, 3.63) is 60.2 Å². The summed E-state index contributed by atoms with van der Waals surface area (Å²) in [6.45, 7) is 11.2. The first kappa shape index (κ1) is 27.6. The summed E-state index contributed by atoms with van der Waals surface area (Å²) < 4.78 is 16.6. The third-order valence-corrected chi connectivity index (χ3v) is 4.75. The molecular formula is C27H35N5O5. The number of amides is 1. The van der Waals surface area contributed by atoms with E-state index in [2.05, 4.69) is 20.7 Å². The molecule has 0 saturated heterocycles. The van der Waals surface area contributed by atoms with Gasteiger partial charge in [0, 0.05) is 5.56 Å². The summed E-state index contributed by atoms with van der Waals surface area (Å²) in [6, 6.07) is 16.6. The van der Waals surface area contributed by atoms with Crippen LogP contribution >= 0.6 is 0 Å². The van der Waals surface area contributed by atoms with Gasteiger partial charge >= 0.3 is 12.1 Å². The zero-order valence-electron chi connectivity index (χ0n) is 22.2. The largest absolute Gasteiger partial charge is 0.489 e. The Hall–Kier alpha value is -3.95. The maximum Gasteiger partial charge on any atom is 0.407 e. The van der Waals surface area contributed by atoms with Crippen molar-refractivity contribution in [2.45, 2.75) is 78.4 Å². The van der Waals surface area contributed by atoms with Gasteiger partial charge in [0.25, 0.3) is 0 Å². The monoisotopic (exact) mass is 509 g/mol. The maximum atomic E-state index is 12.4. The van der Waals surface area contributed by atoms with E-state index in [0.29, 0.717) is 12.4 Å². The Balaban J connectivity index is 1.65. The SMILES string of the molecule is CC(C)(C)OC(=O)CC(Cn1nnc(-c2ccc(OCc3ccccc3)cc2)n1)NC(=O)OC(C)(C)C. The molecule has 1 unspecified atom stereocenters. The Labute approximate surface area is 217 Å². The van der Waals surface area contributed by atoms with Crippen molar-refractivity contribution in [2.75, 3.05) is 0 Å². The van der Waals surface area contributed by atoms with E-state index in [-0.39, 0.29) is 13.0 Å². The third-order valence-electron chi connectivity index (χ3n) is 4.75. The minimum atomic E-state index is -0.684. The van der Waals surface area contributed by atoms with Crippen LogP contribution in [0.4, 0.5) is 4.79 Å². The summed E-state index contributed by atoms with van der Waals surface area (Å²) in [5, 5.41) is 15.3. The van der Waals surface area contributed by atoms with E-state index >= 15 is 0 Å². The second-order valence-corrected chi connectivity index (χ2v) is 10.6. The van der Waals surface area contributed by atoms with Gasteiger partial charge in [0.05, 0.1) is 19.0 Å². The molecular weight excluding hydrogens is 474 g/mol. The number of tetrazole rings is 1. The minimum absolute atomic E-state index is 0.0825. The summed E-state index contributed by atoms with van der Waals surface area (Å²) in [7, 11) is 0. The summed E-state index contributed by atoms with van der Waals surface area (Å²) in [5.74, 6) is 0.668. The molecule has 0 radical (unpaired) electrons. The average molecular weight is 510 g/mol. The number of hydrogen-bond donors (Lipinski definition) is 1. The molecule has 0 aliphatic carbocycles. The van der Waals surface area contributed by atoms with E-state index in [1.165, 1.54) is 4.80 Å². The minimum Gasteiger partial charge on any atom is -0.489 e. The van der Waals surface area contributed by atoms with Crippen LogP contribution in [0.5, 0.6) is 5.75 Å². The van der Waals surface area contributed by atoms with Crippen molar-refractivity contribution in [1.29, 1.82) is 0 Å². The Morgan fingerprint density at radius 3 is 2.19 bits per heavy atom. The smallest absolute Gasteiger partial charge is 0.407 e. The van der Waals surface area contributed by atoms with Crippen molar-refractivity contribution in [2.24, 2.45) is 0 Å². The molecule has 2 aromatic carbocycles. The Bertz CT molecular complexity index is 1130. The number of rotatable bonds is 9. The van der Waals surface area contributed by atoms with Crippen LogP contribution < -0.4 is 10.1 Å². The number of benzene rings is 2. The molecule has 0 bridgehead atoms. The lowest BCUT2D eigenvalue weighted by Gasteiger charge is -2.24. The first-order valence-corrected chi connectivity index (χ1v) is 12.1. The number of alkyl carbamates (subject to hydrolysis) is 1. The van der Waals surface area contributed by atoms with Gasteiger partial charge in [0.15, 0.2) is 0 Å². The summed E-state index contributed by atoms with van der Waals surface area (Å²) >= 11 is 0. The van der Waals surface area contributed by atoms with Crippen molar-refractivity contribution >= 4 is 12.1 Å². The molecule has 10 heteroatoms. The molecule has 1 amide bonds. The molecule has 3 aromatic rings. The zero-order chi connectivity index (χ0) is 27.1. The Morgan fingerprint density at radius 2 is 1.57 bits per heavy atom. The molecule has 0 fully saturated rings. The summed E-state index contributed by atoms with van der Waals surface area (Å²) in [5.41, 5.74) is 0.499. The number of ether oxygens (including phenoxy) is 3. The van der Waals surface area contributed by atoms with Crippen LogP contribution in [0.1, 0.15) is 53.5 Å². The number of carbonyl (C=O) groups excluding carboxylic acids is 2. The second-order valence-electron chi connectivity index (χ2n) is 10.6. The molecule has 3 rings (SSSR count). The summed E-state index contributed by atoms with van der Waals surface area (Å²) in [6.07, 6.45) is -0.728. The fourth-order valence-corrected chi connectivity index (χ4v) is 3.29. The van der Waals surface area contributed by atoms with Crippen LogP contribution in [0.15, 0.2) is 54.6 Å². The quantitative estimate of drug-likeness (QED) is 0.418. The Kier molecular flexibility index (Phi) is 8.86. The van der Waals surface area contributed by atoms with E-state index < -0.39 is 29.3 Å². The highest BCUT2D eigenvalue weighted by Crippen LogP contribution is 2.20. The van der Waals surface area contributed by atoms with Gasteiger partial charge in [-0.2, -0.15) is 4.80 Å². The van der Waals surface area contributed by atoms with Crippen LogP contribution in [0.25, 0.3) is 11.4 Å². The molecule has 1 atom stereocenters. The van der Waals surface area contributed by atoms with E-state index in [0.717, 1.165) is 16.9 Å². The lowest BCUT2D eigenvalue weighted by molar-refractivity contribution is -0.155. The molecule has 0 aliphatic heterocycles. The van der Waals surface area contributed by atoms with Crippen LogP contribution in [0.3, 0.4) is 0 Å². The van der Waals surface area contributed by atoms with Gasteiger partial charge in [-0.15, -0.1) is 10.2 Å². The van der Waals surface area contributed by atoms with Crippen molar-refractivity contribution in [1.82, 2.24) is 25.5 Å². The summed E-state index contributed by atoms with van der Waals surface area (Å²) in [4.78, 5) is 26.1. The first-order chi connectivity index (χ1) is 17.4. The standard InChI is InChI=1S/C27H35N5O5/c1-26(2,3)36-23(33)16-21(28-25(34)37-27(4,5)6)17-32-30-24(29-31-32)20-12-14-22(15-13-20)35-18-19-10-8-7-9-11-19/h7-15,21H,16-18H2,1-6H3,(H,28,34). The van der Waals surface area contributed by atoms with Gasteiger partial charge in [0.2, 0.25) is 5.82 Å². The van der Waals surface area contributed by atoms with Crippen LogP contribution in [-0.4, -0.2) is 49.5 Å². The molecule has 0 aliphatic rings. The highest BCUT2D eigenvalue weighted by molar-refractivity contribution is 5.73. The molecule has 0 saturated carbocycles. The van der Waals surface area contributed by atoms with Crippen molar-refractivity contribution in [3.8, 4) is 17.1 Å². The first-order valence-electron chi connectivity index (χ1n) is 12.1. The number of hydrogen-bond acceptors (Lipinski definition) is 8. The van der Waals surface area contributed by atoms with Crippen LogP contribution in [-0.2, 0) is 27.4 Å². The molecule has 0 spiro atoms. The topological polar surface area (TPSA) is 117 Å². The molecule has 1 heterocycles. The number of aromatic nitrogens is 4. The number of nitrogens with zero attached hydrogens (tertiary/aromatic N) is 4. The number of nitrogens with one attached hydrogen (secondary N) is 1. The highest BCUT2D eigenvalue weighted by Gasteiger charge is 2.25. The van der Waals surface area contributed by atoms with Gasteiger partial charge < -0.3 is 19.5 Å². The fourth-order valence-electron chi connectivity index (χ4n) is 3.29. The zero-order valence-corrected chi connectivity index (χ0v) is 22.2. The lowest BCUT2D eigenvalue weighted by Crippen LogP contribution is -2.43. The van der Waals surface area contributed by atoms with Gasteiger partial charge in [-0.3, -0.25) is 4.79 Å². The van der Waals surface area contributed by atoms with E-state index in [1.807, 2.05) is 54.6 Å². The Morgan fingerprint density at radius 1 is 0.919 bits per heavy atom. The molecule has 37 heavy (non-hydrogen) atoms. The van der Waals surface area contributed by atoms with Crippen LogP contribution in [0, 0.1) is 0 Å². The third kappa shape index (κ3) is 9.91. The predicted octanol–water partition coefficient (Wildman–Crippen LogP) is 4.54. The number of esters is 1. The van der Waals surface area contributed by atoms with Crippen LogP contribution in [0.2, 0.25) is 0 Å². The van der Waals surface area contributed by atoms with E-state index in [1.54, 1.807) is 41.5 Å². The maximum absolute atomic E-state index is 12.4. The molecule has 1 N–H and O–H groups in total. The van der Waals surface area contributed by atoms with Gasteiger partial charge in [0.1, 0.15) is 23.6 Å². The fraction of sp³-hybridized carbons (Fsp3) is 0.444. The predicted molar refractivity (Wildman–Crippen MR) is 138 cm³/mol. The van der Waals surface area contributed by atoms with E-state index in [9.17, 15) is 9.59 Å². The highest BCUT2D eigenvalue weighted by atomic mass is 16.6.